The number of benzene rings is 3. The third-order valence-electron chi connectivity index (χ3n) is 3.80. The van der Waals surface area contributed by atoms with Gasteiger partial charge in [0.2, 0.25) is 0 Å². The van der Waals surface area contributed by atoms with E-state index in [0.717, 1.165) is 5.56 Å². The van der Waals surface area contributed by atoms with Gasteiger partial charge in [0.1, 0.15) is 5.69 Å². The highest BCUT2D eigenvalue weighted by molar-refractivity contribution is 8.00. The lowest BCUT2D eigenvalue weighted by Gasteiger charge is -2.11. The first-order valence-corrected chi connectivity index (χ1v) is 8.55. The van der Waals surface area contributed by atoms with Gasteiger partial charge in [-0.25, -0.2) is 0 Å². The molecule has 8 heteroatoms. The lowest BCUT2D eigenvalue weighted by Crippen LogP contribution is -2.00. The van der Waals surface area contributed by atoms with E-state index in [9.17, 15) is 23.3 Å². The van der Waals surface area contributed by atoms with Crippen molar-refractivity contribution in [2.45, 2.75) is 10.4 Å². The number of thioether (sulfide) groups is 1. The minimum absolute atomic E-state index is 0.0398. The third-order valence-corrected chi connectivity index (χ3v) is 4.54. The number of rotatable bonds is 5. The van der Waals surface area contributed by atoms with E-state index in [1.54, 1.807) is 36.4 Å². The summed E-state index contributed by atoms with van der Waals surface area (Å²) in [5.41, 5.74) is -2.91. The molecule has 0 saturated heterocycles. The van der Waals surface area contributed by atoms with Gasteiger partial charge < -0.3 is 5.32 Å². The minimum atomic E-state index is -4.36. The van der Waals surface area contributed by atoms with Crippen molar-refractivity contribution in [3.63, 3.8) is 0 Å². The summed E-state index contributed by atoms with van der Waals surface area (Å²) in [5, 5.41) is 15.7. The molecule has 3 aromatic rings. The second-order valence-corrected chi connectivity index (χ2v) is 6.74. The van der Waals surface area contributed by atoms with Crippen molar-refractivity contribution in [3.8, 4) is 0 Å². The molecule has 0 radical (unpaired) electrons. The highest BCUT2D eigenvalue weighted by Crippen LogP contribution is 2.38. The SMILES string of the molecule is C=Cc1ccc2c([N+](=O)[O-])c(Nc3ccc(SC(F)(F)F)cc3)ccc2c1. The number of halogens is 3. The summed E-state index contributed by atoms with van der Waals surface area (Å²) in [6.45, 7) is 3.68. The average molecular weight is 390 g/mol. The Kier molecular flexibility index (Phi) is 5.09. The molecule has 27 heavy (non-hydrogen) atoms. The van der Waals surface area contributed by atoms with Crippen molar-refractivity contribution in [1.29, 1.82) is 0 Å². The Labute approximate surface area is 156 Å². The summed E-state index contributed by atoms with van der Waals surface area (Å²) >= 11 is -0.215. The van der Waals surface area contributed by atoms with Crippen LogP contribution in [0.4, 0.5) is 30.2 Å². The second kappa shape index (κ2) is 7.32. The smallest absolute Gasteiger partial charge is 0.350 e. The Hall–Kier alpha value is -3.00. The maximum atomic E-state index is 12.4. The summed E-state index contributed by atoms with van der Waals surface area (Å²) in [4.78, 5) is 11.2. The molecule has 1 N–H and O–H groups in total. The Morgan fingerprint density at radius 1 is 1.07 bits per heavy atom. The van der Waals surface area contributed by atoms with Gasteiger partial charge in [0.05, 0.1) is 10.3 Å². The molecule has 0 saturated carbocycles. The van der Waals surface area contributed by atoms with Gasteiger partial charge in [0, 0.05) is 10.6 Å². The Balaban J connectivity index is 1.95. The summed E-state index contributed by atoms with van der Waals surface area (Å²) in [5.74, 6) is 0. The molecule has 138 valence electrons. The molecule has 0 aliphatic rings. The summed E-state index contributed by atoms with van der Waals surface area (Å²) in [6, 6.07) is 14.0. The van der Waals surface area contributed by atoms with Crippen molar-refractivity contribution in [1.82, 2.24) is 0 Å². The molecular weight excluding hydrogens is 377 g/mol. The van der Waals surface area contributed by atoms with E-state index in [-0.39, 0.29) is 28.0 Å². The second-order valence-electron chi connectivity index (χ2n) is 5.60. The highest BCUT2D eigenvalue weighted by atomic mass is 32.2. The number of nitro groups is 1. The molecule has 0 amide bonds. The zero-order valence-electron chi connectivity index (χ0n) is 13.8. The maximum absolute atomic E-state index is 12.4. The maximum Gasteiger partial charge on any atom is 0.446 e. The molecule has 3 rings (SSSR count). The van der Waals surface area contributed by atoms with Gasteiger partial charge in [-0.15, -0.1) is 0 Å². The first-order valence-electron chi connectivity index (χ1n) is 7.73. The van der Waals surface area contributed by atoms with E-state index in [1.807, 2.05) is 0 Å². The standard InChI is InChI=1S/C19H13F3N2O2S/c1-2-12-3-9-16-13(11-12)4-10-17(18(16)24(25)26)23-14-5-7-15(8-6-14)27-19(20,21)22/h2-11,23H,1H2. The van der Waals surface area contributed by atoms with Crippen LogP contribution < -0.4 is 5.32 Å². The molecule has 0 bridgehead atoms. The molecule has 0 aliphatic heterocycles. The number of hydrogen-bond acceptors (Lipinski definition) is 4. The van der Waals surface area contributed by atoms with Crippen LogP contribution in [0.3, 0.4) is 0 Å². The Morgan fingerprint density at radius 2 is 1.78 bits per heavy atom. The van der Waals surface area contributed by atoms with Crippen LogP contribution >= 0.6 is 11.8 Å². The number of nitrogens with zero attached hydrogens (tertiary/aromatic N) is 1. The molecule has 0 unspecified atom stereocenters. The predicted molar refractivity (Wildman–Crippen MR) is 102 cm³/mol. The van der Waals surface area contributed by atoms with E-state index in [4.69, 9.17) is 0 Å². The van der Waals surface area contributed by atoms with Gasteiger partial charge >= 0.3 is 5.51 Å². The average Bonchev–Trinajstić information content (AvgIpc) is 2.61. The van der Waals surface area contributed by atoms with Crippen LogP contribution in [0.2, 0.25) is 0 Å². The molecule has 0 aromatic heterocycles. The van der Waals surface area contributed by atoms with Crippen molar-refractivity contribution < 1.29 is 18.1 Å². The van der Waals surface area contributed by atoms with Crippen molar-refractivity contribution in [2.24, 2.45) is 0 Å². The molecule has 0 aliphatic carbocycles. The van der Waals surface area contributed by atoms with Gasteiger partial charge in [0.15, 0.2) is 0 Å². The van der Waals surface area contributed by atoms with Gasteiger partial charge in [-0.3, -0.25) is 10.1 Å². The van der Waals surface area contributed by atoms with Crippen LogP contribution in [0, 0.1) is 10.1 Å². The van der Waals surface area contributed by atoms with Gasteiger partial charge in [0.25, 0.3) is 5.69 Å². The van der Waals surface area contributed by atoms with E-state index in [1.165, 1.54) is 24.3 Å². The number of alkyl halides is 3. The first-order chi connectivity index (χ1) is 12.8. The van der Waals surface area contributed by atoms with E-state index in [0.29, 0.717) is 16.5 Å². The third kappa shape index (κ3) is 4.40. The zero-order valence-corrected chi connectivity index (χ0v) is 14.6. The summed E-state index contributed by atoms with van der Waals surface area (Å²) in [6.07, 6.45) is 1.65. The first kappa shape index (κ1) is 18.8. The number of anilines is 2. The number of nitro benzene ring substituents is 1. The fourth-order valence-electron chi connectivity index (χ4n) is 2.65. The molecule has 0 atom stereocenters. The van der Waals surface area contributed by atoms with Crippen LogP contribution in [-0.4, -0.2) is 10.4 Å². The highest BCUT2D eigenvalue weighted by Gasteiger charge is 2.29. The summed E-state index contributed by atoms with van der Waals surface area (Å²) in [7, 11) is 0. The van der Waals surface area contributed by atoms with Gasteiger partial charge in [-0.05, 0) is 65.2 Å². The van der Waals surface area contributed by atoms with Crippen molar-refractivity contribution in [2.75, 3.05) is 5.32 Å². The van der Waals surface area contributed by atoms with E-state index >= 15 is 0 Å². The minimum Gasteiger partial charge on any atom is -0.350 e. The molecule has 0 fully saturated rings. The zero-order chi connectivity index (χ0) is 19.6. The largest absolute Gasteiger partial charge is 0.446 e. The van der Waals surface area contributed by atoms with Gasteiger partial charge in [-0.2, -0.15) is 13.2 Å². The number of nitrogens with one attached hydrogen (secondary N) is 1. The van der Waals surface area contributed by atoms with Crippen molar-refractivity contribution >= 4 is 45.7 Å². The number of hydrogen-bond donors (Lipinski definition) is 1. The van der Waals surface area contributed by atoms with E-state index < -0.39 is 10.4 Å². The molecule has 4 nitrogen and oxygen atoms in total. The number of fused-ring (bicyclic) bond motifs is 1. The van der Waals surface area contributed by atoms with Crippen LogP contribution in [0.1, 0.15) is 5.56 Å². The fraction of sp³-hybridized carbons (Fsp3) is 0.0526. The van der Waals surface area contributed by atoms with Crippen LogP contribution in [-0.2, 0) is 0 Å². The Morgan fingerprint density at radius 3 is 2.37 bits per heavy atom. The normalized spacial score (nSPS) is 11.4. The molecule has 3 aromatic carbocycles. The fourth-order valence-corrected chi connectivity index (χ4v) is 3.19. The quantitative estimate of drug-likeness (QED) is 0.297. The topological polar surface area (TPSA) is 55.2 Å². The molecular formula is C19H13F3N2O2S. The predicted octanol–water partition coefficient (Wildman–Crippen LogP) is 6.75. The molecule has 0 heterocycles. The Bertz CT molecular complexity index is 1020. The van der Waals surface area contributed by atoms with Crippen LogP contribution in [0.15, 0.2) is 66.1 Å². The van der Waals surface area contributed by atoms with Crippen molar-refractivity contribution in [3.05, 3.63) is 76.9 Å². The lowest BCUT2D eigenvalue weighted by molar-refractivity contribution is -0.382. The van der Waals surface area contributed by atoms with Crippen LogP contribution in [0.5, 0.6) is 0 Å². The van der Waals surface area contributed by atoms with E-state index in [2.05, 4.69) is 11.9 Å². The molecule has 0 spiro atoms. The lowest BCUT2D eigenvalue weighted by atomic mass is 10.0. The van der Waals surface area contributed by atoms with Gasteiger partial charge in [-0.1, -0.05) is 24.8 Å². The monoisotopic (exact) mass is 390 g/mol. The van der Waals surface area contributed by atoms with Crippen LogP contribution in [0.25, 0.3) is 16.8 Å². The summed E-state index contributed by atoms with van der Waals surface area (Å²) < 4.78 is 37.2.